The maximum Gasteiger partial charge on any atom is 0.0716 e. The molecular formula is C17H30OSi. The first-order chi connectivity index (χ1) is 9.01. The molecule has 1 aromatic carbocycles. The van der Waals surface area contributed by atoms with E-state index in [1.54, 1.807) is 0 Å². The number of hydrogen-bond donors (Lipinski definition) is 0. The summed E-state index contributed by atoms with van der Waals surface area (Å²) in [6, 6.07) is 10.3. The van der Waals surface area contributed by atoms with Crippen molar-refractivity contribution in [3.63, 3.8) is 0 Å². The smallest absolute Gasteiger partial charge is 0.0716 e. The molecule has 0 N–H and O–H groups in total. The van der Waals surface area contributed by atoms with Gasteiger partial charge in [0.05, 0.1) is 6.61 Å². The molecule has 0 amide bonds. The lowest BCUT2D eigenvalue weighted by molar-refractivity contribution is 0.117. The van der Waals surface area contributed by atoms with E-state index in [4.69, 9.17) is 4.74 Å². The summed E-state index contributed by atoms with van der Waals surface area (Å²) in [7, 11) is -0.991. The molecular weight excluding hydrogens is 248 g/mol. The minimum Gasteiger partial charge on any atom is -0.377 e. The van der Waals surface area contributed by atoms with Crippen LogP contribution in [0.5, 0.6) is 0 Å². The summed E-state index contributed by atoms with van der Waals surface area (Å²) < 4.78 is 5.72. The molecule has 0 bridgehead atoms. The van der Waals surface area contributed by atoms with E-state index in [0.29, 0.717) is 0 Å². The van der Waals surface area contributed by atoms with E-state index in [-0.39, 0.29) is 0 Å². The van der Waals surface area contributed by atoms with Crippen molar-refractivity contribution in [2.45, 2.75) is 64.9 Å². The highest BCUT2D eigenvalue weighted by atomic mass is 28.3. The third kappa shape index (κ3) is 8.22. The molecule has 2 heteroatoms. The largest absolute Gasteiger partial charge is 0.377 e. The van der Waals surface area contributed by atoms with Crippen LogP contribution in [-0.4, -0.2) is 14.7 Å². The molecule has 0 spiro atoms. The van der Waals surface area contributed by atoms with Crippen molar-refractivity contribution >= 4 is 8.07 Å². The van der Waals surface area contributed by atoms with Crippen molar-refractivity contribution in [2.75, 3.05) is 6.61 Å². The van der Waals surface area contributed by atoms with Gasteiger partial charge in [0.25, 0.3) is 0 Å². The molecule has 0 aromatic heterocycles. The van der Waals surface area contributed by atoms with Gasteiger partial charge in [0.15, 0.2) is 0 Å². The van der Waals surface area contributed by atoms with Crippen molar-refractivity contribution in [1.29, 1.82) is 0 Å². The number of unbranched alkanes of at least 4 members (excludes halogenated alkanes) is 3. The summed E-state index contributed by atoms with van der Waals surface area (Å²) in [6.07, 6.45) is 5.11. The van der Waals surface area contributed by atoms with E-state index in [9.17, 15) is 0 Å². The molecule has 0 aliphatic carbocycles. The van der Waals surface area contributed by atoms with E-state index in [1.807, 2.05) is 0 Å². The molecule has 0 saturated carbocycles. The Kier molecular flexibility index (Phi) is 7.40. The molecule has 19 heavy (non-hydrogen) atoms. The summed E-state index contributed by atoms with van der Waals surface area (Å²) in [6.45, 7) is 11.2. The minimum atomic E-state index is -0.991. The maximum atomic E-state index is 5.72. The zero-order valence-electron chi connectivity index (χ0n) is 13.2. The second-order valence-corrected chi connectivity index (χ2v) is 12.1. The van der Waals surface area contributed by atoms with Gasteiger partial charge in [-0.25, -0.2) is 0 Å². The Hall–Kier alpha value is -0.603. The fraction of sp³-hybridized carbons (Fsp3) is 0.647. The van der Waals surface area contributed by atoms with Gasteiger partial charge in [-0.3, -0.25) is 0 Å². The van der Waals surface area contributed by atoms with E-state index >= 15 is 0 Å². The summed E-state index contributed by atoms with van der Waals surface area (Å²) in [5, 5.41) is 0. The van der Waals surface area contributed by atoms with Crippen molar-refractivity contribution in [1.82, 2.24) is 0 Å². The van der Waals surface area contributed by atoms with Crippen LogP contribution in [0.25, 0.3) is 0 Å². The highest BCUT2D eigenvalue weighted by Crippen LogP contribution is 2.13. The second kappa shape index (κ2) is 8.54. The average molecular weight is 279 g/mol. The number of ether oxygens (including phenoxy) is 1. The zero-order chi connectivity index (χ0) is 14.1. The van der Waals surface area contributed by atoms with Crippen LogP contribution in [0.15, 0.2) is 24.3 Å². The fourth-order valence-electron chi connectivity index (χ4n) is 2.19. The molecule has 1 aromatic rings. The SMILES string of the molecule is CCCCCCOCc1ccc(C[Si](C)(C)C)cc1. The van der Waals surface area contributed by atoms with Gasteiger partial charge < -0.3 is 4.74 Å². The molecule has 0 fully saturated rings. The first-order valence-electron chi connectivity index (χ1n) is 7.67. The average Bonchev–Trinajstić information content (AvgIpc) is 2.34. The first kappa shape index (κ1) is 16.5. The van der Waals surface area contributed by atoms with Crippen LogP contribution in [0.4, 0.5) is 0 Å². The summed E-state index contributed by atoms with van der Waals surface area (Å²) in [5.41, 5.74) is 2.78. The molecule has 0 radical (unpaired) electrons. The first-order valence-corrected chi connectivity index (χ1v) is 11.4. The number of hydrogen-bond acceptors (Lipinski definition) is 1. The van der Waals surface area contributed by atoms with Gasteiger partial charge in [0.2, 0.25) is 0 Å². The molecule has 1 rings (SSSR count). The molecule has 0 atom stereocenters. The lowest BCUT2D eigenvalue weighted by Crippen LogP contribution is -2.23. The topological polar surface area (TPSA) is 9.23 Å². The summed E-state index contributed by atoms with van der Waals surface area (Å²) >= 11 is 0. The van der Waals surface area contributed by atoms with Gasteiger partial charge in [-0.05, 0) is 18.0 Å². The quantitative estimate of drug-likeness (QED) is 0.445. The fourth-order valence-corrected chi connectivity index (χ4v) is 3.65. The Morgan fingerprint density at radius 1 is 0.895 bits per heavy atom. The normalized spacial score (nSPS) is 11.8. The van der Waals surface area contributed by atoms with Gasteiger partial charge in [-0.1, -0.05) is 75.7 Å². The van der Waals surface area contributed by atoms with Crippen LogP contribution in [0.1, 0.15) is 43.7 Å². The molecule has 0 unspecified atom stereocenters. The van der Waals surface area contributed by atoms with Crippen molar-refractivity contribution in [3.8, 4) is 0 Å². The maximum absolute atomic E-state index is 5.72. The Labute approximate surface area is 120 Å². The van der Waals surface area contributed by atoms with E-state index in [2.05, 4.69) is 50.8 Å². The van der Waals surface area contributed by atoms with Crippen LogP contribution in [0.2, 0.25) is 19.6 Å². The predicted octanol–water partition coefficient (Wildman–Crippen LogP) is 5.20. The lowest BCUT2D eigenvalue weighted by atomic mass is 10.2. The Bertz CT molecular complexity index is 337. The second-order valence-electron chi connectivity index (χ2n) is 6.67. The minimum absolute atomic E-state index is 0.763. The van der Waals surface area contributed by atoms with Gasteiger partial charge in [0, 0.05) is 14.7 Å². The van der Waals surface area contributed by atoms with Crippen LogP contribution in [0.3, 0.4) is 0 Å². The summed E-state index contributed by atoms with van der Waals surface area (Å²) in [4.78, 5) is 0. The van der Waals surface area contributed by atoms with Gasteiger partial charge in [-0.15, -0.1) is 0 Å². The third-order valence-corrected chi connectivity index (χ3v) is 4.64. The van der Waals surface area contributed by atoms with Gasteiger partial charge in [-0.2, -0.15) is 0 Å². The molecule has 0 aliphatic heterocycles. The van der Waals surface area contributed by atoms with Crippen LogP contribution in [0, 0.1) is 0 Å². The number of rotatable bonds is 9. The van der Waals surface area contributed by atoms with Crippen molar-refractivity contribution < 1.29 is 4.74 Å². The van der Waals surface area contributed by atoms with Crippen LogP contribution in [-0.2, 0) is 17.4 Å². The predicted molar refractivity (Wildman–Crippen MR) is 87.3 cm³/mol. The van der Waals surface area contributed by atoms with Crippen LogP contribution >= 0.6 is 0 Å². The van der Waals surface area contributed by atoms with Crippen LogP contribution < -0.4 is 0 Å². The highest BCUT2D eigenvalue weighted by molar-refractivity contribution is 6.75. The van der Waals surface area contributed by atoms with E-state index < -0.39 is 8.07 Å². The Morgan fingerprint density at radius 2 is 1.53 bits per heavy atom. The number of benzene rings is 1. The highest BCUT2D eigenvalue weighted by Gasteiger charge is 2.13. The standard InChI is InChI=1S/C17H30OSi/c1-5-6-7-8-13-18-14-16-9-11-17(12-10-16)15-19(2,3)4/h9-12H,5-8,13-15H2,1-4H3. The molecule has 1 nitrogen and oxygen atoms in total. The molecule has 0 saturated heterocycles. The van der Waals surface area contributed by atoms with E-state index in [0.717, 1.165) is 13.2 Å². The van der Waals surface area contributed by atoms with Crippen molar-refractivity contribution in [3.05, 3.63) is 35.4 Å². The Balaban J connectivity index is 2.25. The molecule has 108 valence electrons. The van der Waals surface area contributed by atoms with Crippen molar-refractivity contribution in [2.24, 2.45) is 0 Å². The summed E-state index contributed by atoms with van der Waals surface area (Å²) in [5.74, 6) is 0. The lowest BCUT2D eigenvalue weighted by Gasteiger charge is -2.15. The molecule has 0 aliphatic rings. The van der Waals surface area contributed by atoms with Gasteiger partial charge in [0.1, 0.15) is 0 Å². The van der Waals surface area contributed by atoms with E-state index in [1.165, 1.54) is 42.9 Å². The Morgan fingerprint density at radius 3 is 2.11 bits per heavy atom. The molecule has 0 heterocycles. The van der Waals surface area contributed by atoms with Gasteiger partial charge >= 0.3 is 0 Å². The monoisotopic (exact) mass is 278 g/mol. The third-order valence-electron chi connectivity index (χ3n) is 3.17. The zero-order valence-corrected chi connectivity index (χ0v) is 14.2.